The van der Waals surface area contributed by atoms with Gasteiger partial charge in [0, 0.05) is 16.9 Å². The summed E-state index contributed by atoms with van der Waals surface area (Å²) in [5.74, 6) is 0.981. The molecule has 0 saturated carbocycles. The lowest BCUT2D eigenvalue weighted by molar-refractivity contribution is 0.846. The number of fused-ring (bicyclic) bond motifs is 1. The number of hydrogen-bond acceptors (Lipinski definition) is 3. The molecule has 0 bridgehead atoms. The van der Waals surface area contributed by atoms with Crippen LogP contribution in [0.15, 0.2) is 96.0 Å². The van der Waals surface area contributed by atoms with Crippen LogP contribution in [0.1, 0.15) is 10.9 Å². The van der Waals surface area contributed by atoms with Crippen molar-refractivity contribution in [1.29, 1.82) is 0 Å². The van der Waals surface area contributed by atoms with E-state index in [1.165, 1.54) is 10.5 Å². The van der Waals surface area contributed by atoms with Crippen molar-refractivity contribution in [3.05, 3.63) is 102 Å². The molecular weight excluding hydrogens is 374 g/mol. The van der Waals surface area contributed by atoms with E-state index in [1.54, 1.807) is 0 Å². The highest BCUT2D eigenvalue weighted by Crippen LogP contribution is 2.54. The SMILES string of the molecule is Clc1ccc(C2Sc3cn(-c4ccccc4)nc3N2c2ccccc2)cc1. The quantitative estimate of drug-likeness (QED) is 0.400. The Bertz CT molecular complexity index is 1060. The highest BCUT2D eigenvalue weighted by atomic mass is 35.5. The van der Waals surface area contributed by atoms with E-state index >= 15 is 0 Å². The van der Waals surface area contributed by atoms with Gasteiger partial charge in [-0.3, -0.25) is 0 Å². The van der Waals surface area contributed by atoms with Crippen molar-refractivity contribution in [3.8, 4) is 5.69 Å². The Morgan fingerprint density at radius 1 is 0.778 bits per heavy atom. The van der Waals surface area contributed by atoms with Gasteiger partial charge in [0.15, 0.2) is 5.82 Å². The van der Waals surface area contributed by atoms with Gasteiger partial charge in [0.1, 0.15) is 5.37 Å². The maximum Gasteiger partial charge on any atom is 0.170 e. The molecule has 132 valence electrons. The molecule has 1 atom stereocenters. The maximum atomic E-state index is 6.09. The van der Waals surface area contributed by atoms with Crippen LogP contribution in [0.2, 0.25) is 5.02 Å². The summed E-state index contributed by atoms with van der Waals surface area (Å²) in [6.07, 6.45) is 2.11. The summed E-state index contributed by atoms with van der Waals surface area (Å²) in [6, 6.07) is 28.7. The van der Waals surface area contributed by atoms with Crippen molar-refractivity contribution < 1.29 is 0 Å². The fourth-order valence-electron chi connectivity index (χ4n) is 3.29. The van der Waals surface area contributed by atoms with Crippen LogP contribution in [0.25, 0.3) is 5.69 Å². The van der Waals surface area contributed by atoms with Crippen LogP contribution in [0.3, 0.4) is 0 Å². The normalized spacial score (nSPS) is 15.7. The van der Waals surface area contributed by atoms with Gasteiger partial charge in [-0.15, -0.1) is 5.10 Å². The first-order valence-corrected chi connectivity index (χ1v) is 9.97. The van der Waals surface area contributed by atoms with E-state index < -0.39 is 0 Å². The Kier molecular flexibility index (Phi) is 4.15. The zero-order valence-electron chi connectivity index (χ0n) is 14.4. The van der Waals surface area contributed by atoms with Crippen LogP contribution in [0.4, 0.5) is 11.5 Å². The lowest BCUT2D eigenvalue weighted by Crippen LogP contribution is -2.18. The largest absolute Gasteiger partial charge is 0.307 e. The van der Waals surface area contributed by atoms with Crippen LogP contribution in [0.5, 0.6) is 0 Å². The molecule has 0 spiro atoms. The minimum atomic E-state index is 0.132. The van der Waals surface area contributed by atoms with Gasteiger partial charge >= 0.3 is 0 Å². The fourth-order valence-corrected chi connectivity index (χ4v) is 4.68. The van der Waals surface area contributed by atoms with E-state index in [2.05, 4.69) is 59.6 Å². The number of benzene rings is 3. The molecule has 2 heterocycles. The van der Waals surface area contributed by atoms with E-state index in [0.717, 1.165) is 22.2 Å². The third-order valence-corrected chi connectivity index (χ3v) is 6.07. The Morgan fingerprint density at radius 3 is 2.07 bits per heavy atom. The molecule has 0 amide bonds. The summed E-state index contributed by atoms with van der Waals surface area (Å²) >= 11 is 7.91. The molecule has 1 aliphatic rings. The van der Waals surface area contributed by atoms with Gasteiger partial charge in [-0.25, -0.2) is 4.68 Å². The van der Waals surface area contributed by atoms with Crippen molar-refractivity contribution in [2.45, 2.75) is 10.3 Å². The van der Waals surface area contributed by atoms with Crippen molar-refractivity contribution in [2.75, 3.05) is 4.90 Å². The van der Waals surface area contributed by atoms with Gasteiger partial charge in [-0.05, 0) is 42.0 Å². The highest BCUT2D eigenvalue weighted by Gasteiger charge is 2.35. The Hall–Kier alpha value is -2.69. The molecule has 1 aliphatic heterocycles. The molecule has 0 saturated heterocycles. The number of hydrogen-bond donors (Lipinski definition) is 0. The number of para-hydroxylation sites is 2. The van der Waals surface area contributed by atoms with Crippen LogP contribution in [-0.2, 0) is 0 Å². The van der Waals surface area contributed by atoms with Crippen molar-refractivity contribution in [3.63, 3.8) is 0 Å². The number of thioether (sulfide) groups is 1. The Labute approximate surface area is 167 Å². The first-order chi connectivity index (χ1) is 13.3. The average molecular weight is 390 g/mol. The second-order valence-corrected chi connectivity index (χ2v) is 7.88. The first-order valence-electron chi connectivity index (χ1n) is 8.71. The molecule has 0 N–H and O–H groups in total. The number of aromatic nitrogens is 2. The molecule has 1 aromatic heterocycles. The van der Waals surface area contributed by atoms with E-state index in [0.29, 0.717) is 0 Å². The molecule has 4 aromatic rings. The Balaban J connectivity index is 1.60. The Morgan fingerprint density at radius 2 is 1.41 bits per heavy atom. The van der Waals surface area contributed by atoms with Crippen molar-refractivity contribution in [1.82, 2.24) is 9.78 Å². The van der Waals surface area contributed by atoms with Crippen LogP contribution < -0.4 is 4.90 Å². The van der Waals surface area contributed by atoms with Gasteiger partial charge in [-0.1, -0.05) is 71.9 Å². The molecule has 0 aliphatic carbocycles. The van der Waals surface area contributed by atoms with E-state index in [9.17, 15) is 0 Å². The smallest absolute Gasteiger partial charge is 0.170 e. The van der Waals surface area contributed by atoms with Crippen LogP contribution in [-0.4, -0.2) is 9.78 Å². The summed E-state index contributed by atoms with van der Waals surface area (Å²) in [5, 5.41) is 5.79. The first kappa shape index (κ1) is 16.5. The summed E-state index contributed by atoms with van der Waals surface area (Å²) < 4.78 is 1.95. The fraction of sp³-hybridized carbons (Fsp3) is 0.0455. The minimum Gasteiger partial charge on any atom is -0.307 e. The lowest BCUT2D eigenvalue weighted by Gasteiger charge is -2.26. The third-order valence-electron chi connectivity index (χ3n) is 4.57. The van der Waals surface area contributed by atoms with Gasteiger partial charge in [0.25, 0.3) is 0 Å². The van der Waals surface area contributed by atoms with Crippen LogP contribution >= 0.6 is 23.4 Å². The monoisotopic (exact) mass is 389 g/mol. The number of nitrogens with zero attached hydrogens (tertiary/aromatic N) is 3. The summed E-state index contributed by atoms with van der Waals surface area (Å²) in [5.41, 5.74) is 3.39. The molecule has 3 nitrogen and oxygen atoms in total. The zero-order valence-corrected chi connectivity index (χ0v) is 15.9. The maximum absolute atomic E-state index is 6.09. The molecule has 27 heavy (non-hydrogen) atoms. The molecule has 5 heteroatoms. The molecule has 1 unspecified atom stereocenters. The second-order valence-electron chi connectivity index (χ2n) is 6.32. The number of anilines is 2. The molecule has 0 fully saturated rings. The second kappa shape index (κ2) is 6.80. The number of halogens is 1. The van der Waals surface area contributed by atoms with Gasteiger partial charge in [-0.2, -0.15) is 0 Å². The van der Waals surface area contributed by atoms with Gasteiger partial charge in [0.2, 0.25) is 0 Å². The molecule has 3 aromatic carbocycles. The average Bonchev–Trinajstić information content (AvgIpc) is 3.28. The predicted molar refractivity (Wildman–Crippen MR) is 112 cm³/mol. The summed E-state index contributed by atoms with van der Waals surface area (Å²) in [6.45, 7) is 0. The number of rotatable bonds is 3. The minimum absolute atomic E-state index is 0.132. The lowest BCUT2D eigenvalue weighted by atomic mass is 10.2. The highest BCUT2D eigenvalue weighted by molar-refractivity contribution is 8.00. The van der Waals surface area contributed by atoms with Crippen molar-refractivity contribution >= 4 is 34.9 Å². The molecule has 0 radical (unpaired) electrons. The topological polar surface area (TPSA) is 21.1 Å². The summed E-state index contributed by atoms with van der Waals surface area (Å²) in [4.78, 5) is 3.46. The van der Waals surface area contributed by atoms with Gasteiger partial charge in [0.05, 0.1) is 10.6 Å². The van der Waals surface area contributed by atoms with E-state index in [4.69, 9.17) is 16.7 Å². The van der Waals surface area contributed by atoms with Gasteiger partial charge < -0.3 is 4.90 Å². The zero-order chi connectivity index (χ0) is 18.2. The summed E-state index contributed by atoms with van der Waals surface area (Å²) in [7, 11) is 0. The van der Waals surface area contributed by atoms with E-state index in [-0.39, 0.29) is 5.37 Å². The third kappa shape index (κ3) is 3.01. The van der Waals surface area contributed by atoms with E-state index in [1.807, 2.05) is 52.8 Å². The molecule has 5 rings (SSSR count). The van der Waals surface area contributed by atoms with Crippen molar-refractivity contribution in [2.24, 2.45) is 0 Å². The predicted octanol–water partition coefficient (Wildman–Crippen LogP) is 6.47. The van der Waals surface area contributed by atoms with Crippen LogP contribution in [0, 0.1) is 0 Å². The standard InChI is InChI=1S/C22H16ClN3S/c23-17-13-11-16(12-14-17)22-26(19-9-5-2-6-10-19)21-20(27-22)15-25(24-21)18-7-3-1-4-8-18/h1-15,22H. The molecular formula is C22H16ClN3S.